The van der Waals surface area contributed by atoms with Crippen LogP contribution in [0.3, 0.4) is 0 Å². The van der Waals surface area contributed by atoms with E-state index in [9.17, 15) is 18.9 Å². The molecule has 0 N–H and O–H groups in total. The van der Waals surface area contributed by atoms with Gasteiger partial charge in [0.2, 0.25) is 0 Å². The smallest absolute Gasteiger partial charge is 0.464 e. The zero-order chi connectivity index (χ0) is 40.9. The summed E-state index contributed by atoms with van der Waals surface area (Å²) in [5.41, 5.74) is 0. The number of nitrogens with zero attached hydrogens (tertiary/aromatic N) is 1. The van der Waals surface area contributed by atoms with Crippen LogP contribution in [0.4, 0.5) is 0 Å². The van der Waals surface area contributed by atoms with E-state index in [4.69, 9.17) is 27.8 Å². The molecule has 2 unspecified atom stereocenters. The van der Waals surface area contributed by atoms with Crippen LogP contribution in [0.5, 0.6) is 0 Å². The highest BCUT2D eigenvalue weighted by Crippen LogP contribution is 2.49. The number of carbonyl (C=O) groups is 3. The standard InChI is InChI=1S/C43H85NO10P/c1-7-10-12-14-16-18-20-22-24-26-28-30-32-34-42(46)54-40(37-50-41(45)33-31-29-27-25-23-21-19-17-15-13-11-8-2)38-52-55(48,51-36-35-44(4,5)6)53-39-43(47)49-9-3/h40H,7-39H2,1-6H3/q+1. The molecule has 0 aromatic rings. The first kappa shape index (κ1) is 53.5. The van der Waals surface area contributed by atoms with Crippen LogP contribution >= 0.6 is 7.82 Å². The van der Waals surface area contributed by atoms with E-state index in [0.717, 1.165) is 38.5 Å². The van der Waals surface area contributed by atoms with Gasteiger partial charge in [0.25, 0.3) is 0 Å². The van der Waals surface area contributed by atoms with E-state index in [1.807, 2.05) is 21.1 Å². The first-order valence-corrected chi connectivity index (χ1v) is 23.8. The Balaban J connectivity index is 4.89. The number of hydrogen-bond donors (Lipinski definition) is 0. The summed E-state index contributed by atoms with van der Waals surface area (Å²) in [5.74, 6) is -1.54. The van der Waals surface area contributed by atoms with Crippen molar-refractivity contribution in [1.29, 1.82) is 0 Å². The van der Waals surface area contributed by atoms with Crippen LogP contribution in [0.2, 0.25) is 0 Å². The van der Waals surface area contributed by atoms with Gasteiger partial charge in [-0.15, -0.1) is 0 Å². The lowest BCUT2D eigenvalue weighted by Gasteiger charge is -2.25. The van der Waals surface area contributed by atoms with Gasteiger partial charge in [0.1, 0.15) is 19.8 Å². The third-order valence-electron chi connectivity index (χ3n) is 9.52. The molecular weight excluding hydrogens is 721 g/mol. The molecule has 0 aromatic heterocycles. The Bertz CT molecular complexity index is 974. The number of rotatable bonds is 41. The average molecular weight is 807 g/mol. The van der Waals surface area contributed by atoms with Crippen molar-refractivity contribution in [3.05, 3.63) is 0 Å². The molecule has 2 atom stereocenters. The van der Waals surface area contributed by atoms with Crippen LogP contribution in [0.1, 0.15) is 194 Å². The topological polar surface area (TPSA) is 124 Å². The molecule has 0 bridgehead atoms. The van der Waals surface area contributed by atoms with Crippen molar-refractivity contribution in [2.24, 2.45) is 0 Å². The monoisotopic (exact) mass is 807 g/mol. The minimum Gasteiger partial charge on any atom is -0.464 e. The molecule has 0 rings (SSSR count). The highest BCUT2D eigenvalue weighted by atomic mass is 31.2. The fourth-order valence-electron chi connectivity index (χ4n) is 6.06. The van der Waals surface area contributed by atoms with E-state index in [1.54, 1.807) is 6.92 Å². The number of phosphoric ester groups is 1. The number of unbranched alkanes of at least 4 members (excludes halogenated alkanes) is 23. The number of quaternary nitrogens is 1. The molecule has 0 amide bonds. The minimum atomic E-state index is -4.26. The molecule has 0 saturated heterocycles. The van der Waals surface area contributed by atoms with Gasteiger partial charge in [-0.05, 0) is 19.8 Å². The lowest BCUT2D eigenvalue weighted by molar-refractivity contribution is -0.870. The van der Waals surface area contributed by atoms with Crippen molar-refractivity contribution >= 4 is 25.7 Å². The molecule has 0 aliphatic carbocycles. The first-order valence-electron chi connectivity index (χ1n) is 22.3. The third kappa shape index (κ3) is 37.8. The van der Waals surface area contributed by atoms with E-state index in [1.165, 1.54) is 116 Å². The van der Waals surface area contributed by atoms with Crippen LogP contribution in [-0.2, 0) is 46.7 Å². The van der Waals surface area contributed by atoms with Gasteiger partial charge in [-0.3, -0.25) is 23.2 Å². The fraction of sp³-hybridized carbons (Fsp3) is 0.930. The minimum absolute atomic E-state index is 0.0289. The number of phosphoric acid groups is 1. The lowest BCUT2D eigenvalue weighted by Crippen LogP contribution is -2.37. The predicted molar refractivity (Wildman–Crippen MR) is 222 cm³/mol. The largest absolute Gasteiger partial charge is 0.475 e. The van der Waals surface area contributed by atoms with E-state index < -0.39 is 39.1 Å². The molecule has 0 spiro atoms. The summed E-state index contributed by atoms with van der Waals surface area (Å²) in [7, 11) is 1.59. The van der Waals surface area contributed by atoms with Crippen LogP contribution < -0.4 is 0 Å². The Hall–Kier alpha value is -1.52. The second kappa shape index (κ2) is 36.8. The summed E-state index contributed by atoms with van der Waals surface area (Å²) in [6.07, 6.45) is 29.5. The zero-order valence-electron chi connectivity index (χ0n) is 36.4. The van der Waals surface area contributed by atoms with Crippen molar-refractivity contribution in [2.75, 3.05) is 60.7 Å². The summed E-state index contributed by atoms with van der Waals surface area (Å²) in [6, 6.07) is 0. The molecule has 11 nitrogen and oxygen atoms in total. The van der Waals surface area contributed by atoms with Crippen molar-refractivity contribution in [1.82, 2.24) is 0 Å². The third-order valence-corrected chi connectivity index (χ3v) is 10.9. The highest BCUT2D eigenvalue weighted by molar-refractivity contribution is 7.48. The van der Waals surface area contributed by atoms with Crippen LogP contribution in [0.25, 0.3) is 0 Å². The first-order chi connectivity index (χ1) is 26.4. The maximum Gasteiger partial charge on any atom is 0.475 e. The zero-order valence-corrected chi connectivity index (χ0v) is 37.3. The Labute approximate surface area is 337 Å². The number of ether oxygens (including phenoxy) is 3. The predicted octanol–water partition coefficient (Wildman–Crippen LogP) is 11.4. The average Bonchev–Trinajstić information content (AvgIpc) is 3.14. The van der Waals surface area contributed by atoms with Crippen molar-refractivity contribution in [3.8, 4) is 0 Å². The molecule has 55 heavy (non-hydrogen) atoms. The van der Waals surface area contributed by atoms with Crippen molar-refractivity contribution in [3.63, 3.8) is 0 Å². The molecule has 0 heterocycles. The van der Waals surface area contributed by atoms with Crippen molar-refractivity contribution < 1.29 is 51.2 Å². The van der Waals surface area contributed by atoms with Gasteiger partial charge in [-0.2, -0.15) is 0 Å². The lowest BCUT2D eigenvalue weighted by atomic mass is 10.0. The van der Waals surface area contributed by atoms with Gasteiger partial charge in [0.15, 0.2) is 12.7 Å². The summed E-state index contributed by atoms with van der Waals surface area (Å²) in [5, 5.41) is 0. The maximum atomic E-state index is 13.6. The molecule has 0 aliphatic heterocycles. The van der Waals surface area contributed by atoms with Crippen molar-refractivity contribution in [2.45, 2.75) is 200 Å². The van der Waals surface area contributed by atoms with E-state index in [2.05, 4.69) is 13.8 Å². The molecule has 0 fully saturated rings. The molecule has 0 aliphatic rings. The summed E-state index contributed by atoms with van der Waals surface area (Å²) < 4.78 is 46.6. The summed E-state index contributed by atoms with van der Waals surface area (Å²) >= 11 is 0. The van der Waals surface area contributed by atoms with Gasteiger partial charge in [-0.25, -0.2) is 9.36 Å². The molecule has 0 saturated carbocycles. The van der Waals surface area contributed by atoms with Crippen LogP contribution in [0.15, 0.2) is 0 Å². The van der Waals surface area contributed by atoms with E-state index >= 15 is 0 Å². The Morgan fingerprint density at radius 2 is 0.909 bits per heavy atom. The SMILES string of the molecule is CCCCCCCCCCCCCCCC(=O)OC(COC(=O)CCCCCCCCCCCCCC)COP(=O)(OCC[N+](C)(C)C)OCC(=O)OCC. The molecule has 12 heteroatoms. The second-order valence-electron chi connectivity index (χ2n) is 16.1. The van der Waals surface area contributed by atoms with Gasteiger partial charge < -0.3 is 18.7 Å². The molecular formula is C43H85NO10P+. The molecule has 0 aromatic carbocycles. The Morgan fingerprint density at radius 3 is 1.33 bits per heavy atom. The Kier molecular flexibility index (Phi) is 35.8. The molecule has 326 valence electrons. The maximum absolute atomic E-state index is 13.6. The number of carbonyl (C=O) groups excluding carboxylic acids is 3. The molecule has 0 radical (unpaired) electrons. The Morgan fingerprint density at radius 1 is 0.491 bits per heavy atom. The summed E-state index contributed by atoms with van der Waals surface area (Å²) in [6.45, 7) is 5.51. The number of esters is 3. The van der Waals surface area contributed by atoms with Gasteiger partial charge in [0, 0.05) is 12.8 Å². The van der Waals surface area contributed by atoms with Gasteiger partial charge >= 0.3 is 25.7 Å². The second-order valence-corrected chi connectivity index (χ2v) is 17.8. The van der Waals surface area contributed by atoms with E-state index in [-0.39, 0.29) is 38.6 Å². The quantitative estimate of drug-likeness (QED) is 0.0194. The van der Waals surface area contributed by atoms with E-state index in [0.29, 0.717) is 17.4 Å². The highest BCUT2D eigenvalue weighted by Gasteiger charge is 2.32. The fourth-order valence-corrected chi connectivity index (χ4v) is 7.20. The number of likely N-dealkylation sites (N-methyl/N-ethyl adjacent to an activating group) is 1. The van der Waals surface area contributed by atoms with Gasteiger partial charge in [-0.1, -0.05) is 162 Å². The van der Waals surface area contributed by atoms with Gasteiger partial charge in [0.05, 0.1) is 34.4 Å². The summed E-state index contributed by atoms with van der Waals surface area (Å²) in [4.78, 5) is 37.5. The van der Waals surface area contributed by atoms with Crippen LogP contribution in [-0.4, -0.2) is 89.2 Å². The normalized spacial score (nSPS) is 13.3. The van der Waals surface area contributed by atoms with Crippen LogP contribution in [0, 0.1) is 0 Å². The number of hydrogen-bond acceptors (Lipinski definition) is 10.